The first-order valence-electron chi connectivity index (χ1n) is 9.34. The van der Waals surface area contributed by atoms with Gasteiger partial charge in [0.15, 0.2) is 0 Å². The number of rotatable bonds is 6. The molecule has 1 aliphatic heterocycles. The maximum Gasteiger partial charge on any atom is 0.341 e. The van der Waals surface area contributed by atoms with Crippen LogP contribution >= 0.6 is 11.3 Å². The van der Waals surface area contributed by atoms with Gasteiger partial charge >= 0.3 is 5.97 Å². The topological polar surface area (TPSA) is 63.6 Å². The molecule has 27 heavy (non-hydrogen) atoms. The van der Waals surface area contributed by atoms with Crippen LogP contribution in [-0.4, -0.2) is 41.0 Å². The Hall–Kier alpha value is -2.12. The van der Waals surface area contributed by atoms with Crippen molar-refractivity contribution in [1.82, 2.24) is 9.47 Å². The van der Waals surface area contributed by atoms with E-state index in [9.17, 15) is 9.59 Å². The summed E-state index contributed by atoms with van der Waals surface area (Å²) in [4.78, 5) is 28.2. The zero-order valence-electron chi connectivity index (χ0n) is 16.4. The van der Waals surface area contributed by atoms with Gasteiger partial charge in [0.25, 0.3) is 0 Å². The van der Waals surface area contributed by atoms with Crippen molar-refractivity contribution in [3.8, 4) is 0 Å². The molecule has 6 nitrogen and oxygen atoms in total. The van der Waals surface area contributed by atoms with Gasteiger partial charge in [0, 0.05) is 23.8 Å². The van der Waals surface area contributed by atoms with Crippen molar-refractivity contribution in [3.63, 3.8) is 0 Å². The van der Waals surface area contributed by atoms with Crippen LogP contribution in [0.2, 0.25) is 0 Å². The Kier molecular flexibility index (Phi) is 6.01. The maximum absolute atomic E-state index is 12.7. The Labute approximate surface area is 164 Å². The SMILES string of the molecule is CCOC(=O)c1c(NC(=O)CN2CCC[C@H]2c2cccn2C)sc(C)c1C. The Morgan fingerprint density at radius 1 is 1.37 bits per heavy atom. The Balaban J connectivity index is 1.72. The third-order valence-electron chi connectivity index (χ3n) is 5.15. The number of thiophene rings is 1. The molecule has 7 heteroatoms. The van der Waals surface area contributed by atoms with Gasteiger partial charge in [0.2, 0.25) is 5.91 Å². The zero-order chi connectivity index (χ0) is 19.6. The van der Waals surface area contributed by atoms with Crippen molar-refractivity contribution < 1.29 is 14.3 Å². The molecule has 146 valence electrons. The smallest absolute Gasteiger partial charge is 0.341 e. The Bertz CT molecular complexity index is 840. The number of anilines is 1. The highest BCUT2D eigenvalue weighted by atomic mass is 32.1. The summed E-state index contributed by atoms with van der Waals surface area (Å²) in [6.07, 6.45) is 4.17. The molecule has 0 aliphatic carbocycles. The fraction of sp³-hybridized carbons (Fsp3) is 0.500. The van der Waals surface area contributed by atoms with Crippen LogP contribution in [0.1, 0.15) is 52.3 Å². The van der Waals surface area contributed by atoms with Crippen molar-refractivity contribution in [2.24, 2.45) is 7.05 Å². The number of amides is 1. The molecule has 0 radical (unpaired) electrons. The summed E-state index contributed by atoms with van der Waals surface area (Å²) >= 11 is 1.43. The molecule has 0 saturated carbocycles. The van der Waals surface area contributed by atoms with E-state index in [2.05, 4.69) is 20.9 Å². The summed E-state index contributed by atoms with van der Waals surface area (Å²) < 4.78 is 7.28. The molecule has 0 unspecified atom stereocenters. The summed E-state index contributed by atoms with van der Waals surface area (Å²) in [5, 5.41) is 3.54. The lowest BCUT2D eigenvalue weighted by Crippen LogP contribution is -2.33. The summed E-state index contributed by atoms with van der Waals surface area (Å²) in [5.74, 6) is -0.472. The van der Waals surface area contributed by atoms with Crippen LogP contribution in [0, 0.1) is 13.8 Å². The van der Waals surface area contributed by atoms with E-state index in [1.807, 2.05) is 33.2 Å². The molecule has 0 aromatic carbocycles. The van der Waals surface area contributed by atoms with E-state index in [1.54, 1.807) is 6.92 Å². The highest BCUT2D eigenvalue weighted by Crippen LogP contribution is 2.34. The second-order valence-corrected chi connectivity index (χ2v) is 8.15. The summed E-state index contributed by atoms with van der Waals surface area (Å²) in [5.41, 5.74) is 2.58. The van der Waals surface area contributed by atoms with E-state index in [1.165, 1.54) is 17.0 Å². The standard InChI is InChI=1S/C20H27N3O3S/c1-5-26-20(25)18-13(2)14(3)27-19(18)21-17(24)12-23-11-7-9-16(23)15-8-6-10-22(15)4/h6,8,10,16H,5,7,9,11-12H2,1-4H3,(H,21,24)/t16-/m0/s1. The Morgan fingerprint density at radius 3 is 2.81 bits per heavy atom. The van der Waals surface area contributed by atoms with Crippen molar-refractivity contribution in [2.75, 3.05) is 25.0 Å². The van der Waals surface area contributed by atoms with Crippen LogP contribution in [0.3, 0.4) is 0 Å². The minimum atomic E-state index is -0.377. The van der Waals surface area contributed by atoms with Gasteiger partial charge in [0.05, 0.1) is 24.8 Å². The van der Waals surface area contributed by atoms with Crippen LogP contribution in [0.15, 0.2) is 18.3 Å². The molecule has 1 fully saturated rings. The number of aromatic nitrogens is 1. The number of carbonyl (C=O) groups excluding carboxylic acids is 2. The third-order valence-corrected chi connectivity index (χ3v) is 6.28. The normalized spacial score (nSPS) is 17.3. The zero-order valence-corrected chi connectivity index (χ0v) is 17.2. The predicted molar refractivity (Wildman–Crippen MR) is 107 cm³/mol. The fourth-order valence-corrected chi connectivity index (χ4v) is 4.75. The summed E-state index contributed by atoms with van der Waals surface area (Å²) in [7, 11) is 2.04. The molecule has 1 amide bonds. The minimum absolute atomic E-state index is 0.0945. The summed E-state index contributed by atoms with van der Waals surface area (Å²) in [6.45, 7) is 7.14. The van der Waals surface area contributed by atoms with Gasteiger partial charge < -0.3 is 14.6 Å². The monoisotopic (exact) mass is 389 g/mol. The number of esters is 1. The van der Waals surface area contributed by atoms with Gasteiger partial charge in [0.1, 0.15) is 5.00 Å². The molecule has 3 rings (SSSR count). The number of hydrogen-bond donors (Lipinski definition) is 1. The first-order valence-corrected chi connectivity index (χ1v) is 10.2. The molecule has 0 spiro atoms. The van der Waals surface area contributed by atoms with Gasteiger partial charge in [-0.2, -0.15) is 0 Å². The quantitative estimate of drug-likeness (QED) is 0.766. The fourth-order valence-electron chi connectivity index (χ4n) is 3.69. The number of ether oxygens (including phenoxy) is 1. The summed E-state index contributed by atoms with van der Waals surface area (Å²) in [6, 6.07) is 4.41. The third kappa shape index (κ3) is 4.09. The molecule has 1 N–H and O–H groups in total. The number of likely N-dealkylation sites (tertiary alicyclic amines) is 1. The lowest BCUT2D eigenvalue weighted by Gasteiger charge is -2.24. The van der Waals surface area contributed by atoms with E-state index < -0.39 is 0 Å². The van der Waals surface area contributed by atoms with E-state index in [0.29, 0.717) is 23.7 Å². The molecule has 1 saturated heterocycles. The van der Waals surface area contributed by atoms with Crippen molar-refractivity contribution in [2.45, 2.75) is 39.7 Å². The second-order valence-electron chi connectivity index (χ2n) is 6.93. The van der Waals surface area contributed by atoms with Crippen LogP contribution in [-0.2, 0) is 16.6 Å². The molecule has 2 aromatic heterocycles. The molecule has 3 heterocycles. The molecular formula is C20H27N3O3S. The van der Waals surface area contributed by atoms with E-state index >= 15 is 0 Å². The van der Waals surface area contributed by atoms with E-state index in [4.69, 9.17) is 4.74 Å². The molecule has 2 aromatic rings. The largest absolute Gasteiger partial charge is 0.462 e. The molecular weight excluding hydrogens is 362 g/mol. The van der Waals surface area contributed by atoms with Gasteiger partial charge in [-0.25, -0.2) is 4.79 Å². The van der Waals surface area contributed by atoms with Crippen LogP contribution in [0.5, 0.6) is 0 Å². The first kappa shape index (κ1) is 19.6. The Morgan fingerprint density at radius 2 is 2.15 bits per heavy atom. The van der Waals surface area contributed by atoms with Crippen molar-refractivity contribution in [1.29, 1.82) is 0 Å². The van der Waals surface area contributed by atoms with Crippen LogP contribution in [0.4, 0.5) is 5.00 Å². The molecule has 1 aliphatic rings. The van der Waals surface area contributed by atoms with Gasteiger partial charge in [-0.3, -0.25) is 9.69 Å². The highest BCUT2D eigenvalue weighted by molar-refractivity contribution is 7.16. The molecule has 1 atom stereocenters. The minimum Gasteiger partial charge on any atom is -0.462 e. The van der Waals surface area contributed by atoms with E-state index in [0.717, 1.165) is 29.8 Å². The van der Waals surface area contributed by atoms with Gasteiger partial charge in [-0.05, 0) is 57.9 Å². The number of nitrogens with zero attached hydrogens (tertiary/aromatic N) is 2. The maximum atomic E-state index is 12.7. The lowest BCUT2D eigenvalue weighted by molar-refractivity contribution is -0.117. The lowest BCUT2D eigenvalue weighted by atomic mass is 10.1. The van der Waals surface area contributed by atoms with Gasteiger partial charge in [-0.1, -0.05) is 0 Å². The van der Waals surface area contributed by atoms with Gasteiger partial charge in [-0.15, -0.1) is 11.3 Å². The molecule has 0 bridgehead atoms. The average molecular weight is 390 g/mol. The highest BCUT2D eigenvalue weighted by Gasteiger charge is 2.30. The number of aryl methyl sites for hydroxylation is 2. The first-order chi connectivity index (χ1) is 12.9. The van der Waals surface area contributed by atoms with Crippen LogP contribution in [0.25, 0.3) is 0 Å². The second kappa shape index (κ2) is 8.27. The predicted octanol–water partition coefficient (Wildman–Crippen LogP) is 3.66. The van der Waals surface area contributed by atoms with E-state index in [-0.39, 0.29) is 17.9 Å². The van der Waals surface area contributed by atoms with Crippen LogP contribution < -0.4 is 5.32 Å². The number of nitrogens with one attached hydrogen (secondary N) is 1. The number of carbonyl (C=O) groups is 2. The van der Waals surface area contributed by atoms with Crippen molar-refractivity contribution >= 4 is 28.2 Å². The number of hydrogen-bond acceptors (Lipinski definition) is 5. The van der Waals surface area contributed by atoms with Crippen molar-refractivity contribution in [3.05, 3.63) is 40.0 Å². The average Bonchev–Trinajstić information content (AvgIpc) is 3.29.